The van der Waals surface area contributed by atoms with Crippen LogP contribution in [0.5, 0.6) is 0 Å². The summed E-state index contributed by atoms with van der Waals surface area (Å²) in [6.07, 6.45) is 3.70. The highest BCUT2D eigenvalue weighted by molar-refractivity contribution is 5.24. The maximum absolute atomic E-state index is 13.2. The molecule has 2 rings (SSSR count). The van der Waals surface area contributed by atoms with E-state index in [2.05, 4.69) is 5.10 Å². The first-order valence-corrected chi connectivity index (χ1v) is 5.15. The number of rotatable bonds is 3. The average molecular weight is 219 g/mol. The molecule has 16 heavy (non-hydrogen) atoms. The Balaban J connectivity index is 2.24. The third kappa shape index (κ3) is 2.46. The molecule has 0 radical (unpaired) electrons. The summed E-state index contributed by atoms with van der Waals surface area (Å²) < 4.78 is 15.0. The molecule has 1 heterocycles. The minimum absolute atomic E-state index is 0.248. The van der Waals surface area contributed by atoms with Crippen molar-refractivity contribution in [2.75, 3.05) is 0 Å². The highest BCUT2D eigenvalue weighted by Crippen LogP contribution is 2.10. The molecule has 3 nitrogen and oxygen atoms in total. The van der Waals surface area contributed by atoms with Crippen LogP contribution in [0.15, 0.2) is 30.6 Å². The van der Waals surface area contributed by atoms with Crippen LogP contribution >= 0.6 is 0 Å². The van der Waals surface area contributed by atoms with E-state index in [9.17, 15) is 4.39 Å². The predicted octanol–water partition coefficient (Wildman–Crippen LogP) is 1.84. The van der Waals surface area contributed by atoms with Crippen molar-refractivity contribution in [1.82, 2.24) is 9.78 Å². The van der Waals surface area contributed by atoms with Gasteiger partial charge in [-0.2, -0.15) is 5.10 Å². The van der Waals surface area contributed by atoms with Crippen LogP contribution in [0.1, 0.15) is 16.7 Å². The molecule has 0 saturated carbocycles. The lowest BCUT2D eigenvalue weighted by atomic mass is 10.1. The van der Waals surface area contributed by atoms with E-state index in [1.54, 1.807) is 10.9 Å². The van der Waals surface area contributed by atoms with Gasteiger partial charge in [0.1, 0.15) is 5.82 Å². The van der Waals surface area contributed by atoms with E-state index < -0.39 is 0 Å². The van der Waals surface area contributed by atoms with Crippen LogP contribution in [0.2, 0.25) is 0 Å². The Kier molecular flexibility index (Phi) is 3.01. The minimum Gasteiger partial charge on any atom is -0.326 e. The molecule has 0 aliphatic rings. The molecule has 2 aromatic rings. The summed E-state index contributed by atoms with van der Waals surface area (Å²) in [7, 11) is 0. The maximum atomic E-state index is 13.2. The van der Waals surface area contributed by atoms with Gasteiger partial charge in [0, 0.05) is 12.7 Å². The third-order valence-electron chi connectivity index (χ3n) is 2.36. The molecule has 0 bridgehead atoms. The monoisotopic (exact) mass is 219 g/mol. The van der Waals surface area contributed by atoms with Gasteiger partial charge < -0.3 is 5.73 Å². The molecular formula is C12H14FN3. The number of nitrogens with two attached hydrogens (primary N) is 1. The normalized spacial score (nSPS) is 10.7. The summed E-state index contributed by atoms with van der Waals surface area (Å²) >= 11 is 0. The molecule has 0 aliphatic carbocycles. The summed E-state index contributed by atoms with van der Waals surface area (Å²) in [6, 6.07) is 4.87. The van der Waals surface area contributed by atoms with Crippen LogP contribution in [0.25, 0.3) is 0 Å². The maximum Gasteiger partial charge on any atom is 0.123 e. The van der Waals surface area contributed by atoms with E-state index in [-0.39, 0.29) is 5.82 Å². The Morgan fingerprint density at radius 3 is 2.69 bits per heavy atom. The van der Waals surface area contributed by atoms with Crippen molar-refractivity contribution in [3.63, 3.8) is 0 Å². The number of halogens is 1. The molecule has 84 valence electrons. The second-order valence-corrected chi connectivity index (χ2v) is 3.89. The molecule has 1 aromatic carbocycles. The van der Waals surface area contributed by atoms with Gasteiger partial charge in [0.25, 0.3) is 0 Å². The highest BCUT2D eigenvalue weighted by atomic mass is 19.1. The molecule has 0 aliphatic heterocycles. The first-order chi connectivity index (χ1) is 7.67. The lowest BCUT2D eigenvalue weighted by Crippen LogP contribution is -2.03. The zero-order valence-electron chi connectivity index (χ0n) is 9.15. The smallest absolute Gasteiger partial charge is 0.123 e. The molecule has 0 fully saturated rings. The van der Waals surface area contributed by atoms with Gasteiger partial charge in [-0.1, -0.05) is 6.07 Å². The van der Waals surface area contributed by atoms with Gasteiger partial charge >= 0.3 is 0 Å². The van der Waals surface area contributed by atoms with Crippen LogP contribution in [-0.2, 0) is 13.1 Å². The van der Waals surface area contributed by atoms with Gasteiger partial charge in [0.15, 0.2) is 0 Å². The molecule has 0 atom stereocenters. The first kappa shape index (κ1) is 10.8. The third-order valence-corrected chi connectivity index (χ3v) is 2.36. The standard InChI is InChI=1S/C12H14FN3/c1-9-6-15-16(7-9)8-11-2-10(5-14)3-12(13)4-11/h2-4,6-7H,5,8,14H2,1H3. The molecule has 0 spiro atoms. The Hall–Kier alpha value is -1.68. The second kappa shape index (κ2) is 4.45. The van der Waals surface area contributed by atoms with Gasteiger partial charge in [-0.15, -0.1) is 0 Å². The molecule has 4 heteroatoms. The second-order valence-electron chi connectivity index (χ2n) is 3.89. The predicted molar refractivity (Wildman–Crippen MR) is 60.4 cm³/mol. The van der Waals surface area contributed by atoms with Gasteiger partial charge in [-0.3, -0.25) is 4.68 Å². The van der Waals surface area contributed by atoms with Crippen molar-refractivity contribution >= 4 is 0 Å². The van der Waals surface area contributed by atoms with E-state index in [0.717, 1.165) is 16.7 Å². The van der Waals surface area contributed by atoms with Crippen molar-refractivity contribution in [2.45, 2.75) is 20.0 Å². The number of nitrogens with zero attached hydrogens (tertiary/aromatic N) is 2. The first-order valence-electron chi connectivity index (χ1n) is 5.15. The van der Waals surface area contributed by atoms with Gasteiger partial charge in [0.05, 0.1) is 12.7 Å². The SMILES string of the molecule is Cc1cnn(Cc2cc(F)cc(CN)c2)c1. The summed E-state index contributed by atoms with van der Waals surface area (Å²) in [5.74, 6) is -0.248. The Morgan fingerprint density at radius 2 is 2.06 bits per heavy atom. The zero-order valence-corrected chi connectivity index (χ0v) is 9.15. The molecular weight excluding hydrogens is 205 g/mol. The molecule has 0 saturated heterocycles. The van der Waals surface area contributed by atoms with Gasteiger partial charge in [-0.25, -0.2) is 4.39 Å². The van der Waals surface area contributed by atoms with E-state index in [1.807, 2.05) is 19.2 Å². The van der Waals surface area contributed by atoms with E-state index in [0.29, 0.717) is 13.1 Å². The molecule has 2 N–H and O–H groups in total. The van der Waals surface area contributed by atoms with Crippen molar-refractivity contribution in [3.8, 4) is 0 Å². The van der Waals surface area contributed by atoms with E-state index in [4.69, 9.17) is 5.73 Å². The lowest BCUT2D eigenvalue weighted by molar-refractivity contribution is 0.616. The van der Waals surface area contributed by atoms with Crippen LogP contribution in [0.4, 0.5) is 4.39 Å². The number of hydrogen-bond donors (Lipinski definition) is 1. The number of aromatic nitrogens is 2. The summed E-state index contributed by atoms with van der Waals surface area (Å²) in [4.78, 5) is 0. The molecule has 0 amide bonds. The zero-order chi connectivity index (χ0) is 11.5. The Morgan fingerprint density at radius 1 is 1.31 bits per heavy atom. The van der Waals surface area contributed by atoms with Crippen LogP contribution in [-0.4, -0.2) is 9.78 Å². The van der Waals surface area contributed by atoms with E-state index >= 15 is 0 Å². The van der Waals surface area contributed by atoms with Crippen molar-refractivity contribution in [3.05, 3.63) is 53.1 Å². The fraction of sp³-hybridized carbons (Fsp3) is 0.250. The summed E-state index contributed by atoms with van der Waals surface area (Å²) in [5, 5.41) is 4.16. The fourth-order valence-electron chi connectivity index (χ4n) is 1.67. The Labute approximate surface area is 93.7 Å². The number of benzene rings is 1. The largest absolute Gasteiger partial charge is 0.326 e. The molecule has 0 unspecified atom stereocenters. The van der Waals surface area contributed by atoms with Crippen LogP contribution in [0.3, 0.4) is 0 Å². The lowest BCUT2D eigenvalue weighted by Gasteiger charge is -2.05. The summed E-state index contributed by atoms with van der Waals surface area (Å²) in [5.41, 5.74) is 8.27. The van der Waals surface area contributed by atoms with Crippen molar-refractivity contribution in [2.24, 2.45) is 5.73 Å². The topological polar surface area (TPSA) is 43.8 Å². The molecule has 1 aromatic heterocycles. The van der Waals surface area contributed by atoms with Crippen molar-refractivity contribution in [1.29, 1.82) is 0 Å². The quantitative estimate of drug-likeness (QED) is 0.856. The number of hydrogen-bond acceptors (Lipinski definition) is 2. The van der Waals surface area contributed by atoms with Crippen LogP contribution < -0.4 is 5.73 Å². The minimum atomic E-state index is -0.248. The van der Waals surface area contributed by atoms with Gasteiger partial charge in [-0.05, 0) is 35.7 Å². The summed E-state index contributed by atoms with van der Waals surface area (Å²) in [6.45, 7) is 2.89. The van der Waals surface area contributed by atoms with E-state index in [1.165, 1.54) is 12.1 Å². The van der Waals surface area contributed by atoms with Gasteiger partial charge in [0.2, 0.25) is 0 Å². The highest BCUT2D eigenvalue weighted by Gasteiger charge is 2.01. The fourth-order valence-corrected chi connectivity index (χ4v) is 1.67. The van der Waals surface area contributed by atoms with Crippen molar-refractivity contribution < 1.29 is 4.39 Å². The van der Waals surface area contributed by atoms with Crippen LogP contribution in [0, 0.1) is 12.7 Å². The average Bonchev–Trinajstić information content (AvgIpc) is 2.63. The Bertz CT molecular complexity index is 491. The number of aryl methyl sites for hydroxylation is 1.